The number of nitrogens with zero attached hydrogens (tertiary/aromatic N) is 3. The van der Waals surface area contributed by atoms with Gasteiger partial charge in [-0.15, -0.1) is 0 Å². The summed E-state index contributed by atoms with van der Waals surface area (Å²) in [5.41, 5.74) is 0. The SMILES string of the molecule is CCCOc1cc(N(CC(=O)OC)C(C)C)ncn1. The van der Waals surface area contributed by atoms with Gasteiger partial charge in [0.1, 0.15) is 18.7 Å². The average Bonchev–Trinajstić information content (AvgIpc) is 2.42. The molecule has 0 bridgehead atoms. The van der Waals surface area contributed by atoms with Gasteiger partial charge >= 0.3 is 5.97 Å². The third-order valence-corrected chi connectivity index (χ3v) is 2.53. The molecule has 0 unspecified atom stereocenters. The zero-order chi connectivity index (χ0) is 14.3. The molecule has 0 aliphatic carbocycles. The Morgan fingerprint density at radius 2 is 2.16 bits per heavy atom. The number of rotatable bonds is 7. The summed E-state index contributed by atoms with van der Waals surface area (Å²) in [5, 5.41) is 0. The van der Waals surface area contributed by atoms with E-state index in [-0.39, 0.29) is 18.6 Å². The van der Waals surface area contributed by atoms with Crippen molar-refractivity contribution in [2.24, 2.45) is 0 Å². The monoisotopic (exact) mass is 267 g/mol. The molecule has 0 saturated heterocycles. The van der Waals surface area contributed by atoms with Crippen LogP contribution < -0.4 is 9.64 Å². The van der Waals surface area contributed by atoms with E-state index in [4.69, 9.17) is 9.47 Å². The standard InChI is InChI=1S/C13H21N3O3/c1-5-6-19-12-7-11(14-9-15-12)16(10(2)3)8-13(17)18-4/h7,9-10H,5-6,8H2,1-4H3. The van der Waals surface area contributed by atoms with Gasteiger partial charge in [-0.1, -0.05) is 6.92 Å². The van der Waals surface area contributed by atoms with Gasteiger partial charge in [-0.3, -0.25) is 4.79 Å². The number of ether oxygens (including phenoxy) is 2. The van der Waals surface area contributed by atoms with Gasteiger partial charge in [-0.05, 0) is 20.3 Å². The van der Waals surface area contributed by atoms with Crippen molar-refractivity contribution < 1.29 is 14.3 Å². The fourth-order valence-electron chi connectivity index (χ4n) is 1.50. The average molecular weight is 267 g/mol. The molecular weight excluding hydrogens is 246 g/mol. The second kappa shape index (κ2) is 7.56. The fourth-order valence-corrected chi connectivity index (χ4v) is 1.50. The molecule has 6 heteroatoms. The molecule has 0 aromatic carbocycles. The molecule has 1 aromatic heterocycles. The lowest BCUT2D eigenvalue weighted by Crippen LogP contribution is -2.36. The third-order valence-electron chi connectivity index (χ3n) is 2.53. The predicted molar refractivity (Wildman–Crippen MR) is 72.3 cm³/mol. The molecule has 0 spiro atoms. The summed E-state index contributed by atoms with van der Waals surface area (Å²) < 4.78 is 10.2. The van der Waals surface area contributed by atoms with E-state index < -0.39 is 0 Å². The van der Waals surface area contributed by atoms with Gasteiger partial charge in [0.2, 0.25) is 5.88 Å². The molecule has 1 heterocycles. The number of anilines is 1. The lowest BCUT2D eigenvalue weighted by Gasteiger charge is -2.26. The van der Waals surface area contributed by atoms with E-state index in [2.05, 4.69) is 9.97 Å². The Hall–Kier alpha value is -1.85. The van der Waals surface area contributed by atoms with E-state index >= 15 is 0 Å². The highest BCUT2D eigenvalue weighted by Gasteiger charge is 2.17. The van der Waals surface area contributed by atoms with Crippen LogP contribution in [0.3, 0.4) is 0 Å². The van der Waals surface area contributed by atoms with E-state index in [0.717, 1.165) is 6.42 Å². The van der Waals surface area contributed by atoms with Crippen molar-refractivity contribution >= 4 is 11.8 Å². The quantitative estimate of drug-likeness (QED) is 0.700. The molecule has 106 valence electrons. The highest BCUT2D eigenvalue weighted by Crippen LogP contribution is 2.18. The minimum absolute atomic E-state index is 0.119. The number of carbonyl (C=O) groups is 1. The molecule has 0 N–H and O–H groups in total. The molecule has 0 radical (unpaired) electrons. The van der Waals surface area contributed by atoms with Gasteiger partial charge in [0.05, 0.1) is 13.7 Å². The molecule has 0 amide bonds. The first-order valence-corrected chi connectivity index (χ1v) is 6.36. The minimum atomic E-state index is -0.302. The third kappa shape index (κ3) is 4.73. The van der Waals surface area contributed by atoms with Gasteiger partial charge in [0, 0.05) is 12.1 Å². The molecule has 0 aliphatic heterocycles. The molecule has 0 atom stereocenters. The smallest absolute Gasteiger partial charge is 0.325 e. The molecular formula is C13H21N3O3. The van der Waals surface area contributed by atoms with Crippen molar-refractivity contribution in [3.05, 3.63) is 12.4 Å². The summed E-state index contributed by atoms with van der Waals surface area (Å²) in [7, 11) is 1.37. The normalized spacial score (nSPS) is 10.4. The summed E-state index contributed by atoms with van der Waals surface area (Å²) >= 11 is 0. The maximum absolute atomic E-state index is 11.4. The number of hydrogen-bond donors (Lipinski definition) is 0. The molecule has 0 saturated carbocycles. The van der Waals surface area contributed by atoms with Crippen molar-refractivity contribution in [3.63, 3.8) is 0 Å². The lowest BCUT2D eigenvalue weighted by atomic mass is 10.3. The van der Waals surface area contributed by atoms with E-state index in [0.29, 0.717) is 18.3 Å². The van der Waals surface area contributed by atoms with Crippen LogP contribution in [0, 0.1) is 0 Å². The van der Waals surface area contributed by atoms with Crippen LogP contribution in [0.1, 0.15) is 27.2 Å². The number of esters is 1. The van der Waals surface area contributed by atoms with Crippen LogP contribution in [0.4, 0.5) is 5.82 Å². The first kappa shape index (κ1) is 15.2. The van der Waals surface area contributed by atoms with Gasteiger partial charge in [-0.25, -0.2) is 9.97 Å². The maximum atomic E-state index is 11.4. The molecule has 19 heavy (non-hydrogen) atoms. The topological polar surface area (TPSA) is 64.5 Å². The van der Waals surface area contributed by atoms with E-state index in [1.807, 2.05) is 25.7 Å². The predicted octanol–water partition coefficient (Wildman–Crippen LogP) is 1.65. The van der Waals surface area contributed by atoms with Crippen molar-refractivity contribution in [1.29, 1.82) is 0 Å². The summed E-state index contributed by atoms with van der Waals surface area (Å²) in [6.45, 7) is 6.75. The first-order valence-electron chi connectivity index (χ1n) is 6.36. The number of hydrogen-bond acceptors (Lipinski definition) is 6. The number of methoxy groups -OCH3 is 1. The van der Waals surface area contributed by atoms with Crippen LogP contribution in [-0.4, -0.2) is 42.2 Å². The van der Waals surface area contributed by atoms with E-state index in [9.17, 15) is 4.79 Å². The summed E-state index contributed by atoms with van der Waals surface area (Å²) in [6, 6.07) is 1.85. The first-order chi connectivity index (χ1) is 9.08. The number of aromatic nitrogens is 2. The minimum Gasteiger partial charge on any atom is -0.478 e. The Morgan fingerprint density at radius 1 is 1.42 bits per heavy atom. The van der Waals surface area contributed by atoms with Gasteiger partial charge in [-0.2, -0.15) is 0 Å². The fraction of sp³-hybridized carbons (Fsp3) is 0.615. The Balaban J connectivity index is 2.86. The molecule has 0 fully saturated rings. The zero-order valence-corrected chi connectivity index (χ0v) is 11.9. The van der Waals surface area contributed by atoms with Gasteiger partial charge in [0.15, 0.2) is 0 Å². The van der Waals surface area contributed by atoms with Gasteiger partial charge < -0.3 is 14.4 Å². The van der Waals surface area contributed by atoms with Crippen molar-refractivity contribution in [2.75, 3.05) is 25.2 Å². The van der Waals surface area contributed by atoms with Crippen molar-refractivity contribution in [2.45, 2.75) is 33.2 Å². The van der Waals surface area contributed by atoms with Crippen LogP contribution in [-0.2, 0) is 9.53 Å². The number of carbonyl (C=O) groups excluding carboxylic acids is 1. The van der Waals surface area contributed by atoms with Crippen molar-refractivity contribution in [3.8, 4) is 5.88 Å². The highest BCUT2D eigenvalue weighted by atomic mass is 16.5. The molecule has 1 aromatic rings. The molecule has 1 rings (SSSR count). The van der Waals surface area contributed by atoms with Crippen molar-refractivity contribution in [1.82, 2.24) is 9.97 Å². The van der Waals surface area contributed by atoms with Crippen LogP contribution in [0.25, 0.3) is 0 Å². The highest BCUT2D eigenvalue weighted by molar-refractivity contribution is 5.75. The van der Waals surface area contributed by atoms with Crippen LogP contribution >= 0.6 is 0 Å². The van der Waals surface area contributed by atoms with E-state index in [1.54, 1.807) is 6.07 Å². The Kier molecular flexibility index (Phi) is 6.05. The Labute approximate surface area is 113 Å². The summed E-state index contributed by atoms with van der Waals surface area (Å²) in [5.74, 6) is 0.868. The zero-order valence-electron chi connectivity index (χ0n) is 11.9. The Bertz CT molecular complexity index is 410. The molecule has 0 aliphatic rings. The van der Waals surface area contributed by atoms with Gasteiger partial charge in [0.25, 0.3) is 0 Å². The summed E-state index contributed by atoms with van der Waals surface area (Å²) in [6.07, 6.45) is 2.35. The van der Waals surface area contributed by atoms with Crippen LogP contribution in [0.15, 0.2) is 12.4 Å². The maximum Gasteiger partial charge on any atom is 0.325 e. The second-order valence-corrected chi connectivity index (χ2v) is 4.36. The van der Waals surface area contributed by atoms with Crippen LogP contribution in [0.5, 0.6) is 5.88 Å². The summed E-state index contributed by atoms with van der Waals surface area (Å²) in [4.78, 5) is 21.5. The second-order valence-electron chi connectivity index (χ2n) is 4.36. The lowest BCUT2D eigenvalue weighted by molar-refractivity contribution is -0.139. The van der Waals surface area contributed by atoms with Crippen LogP contribution in [0.2, 0.25) is 0 Å². The largest absolute Gasteiger partial charge is 0.478 e. The Morgan fingerprint density at radius 3 is 2.74 bits per heavy atom. The molecule has 6 nitrogen and oxygen atoms in total. The van der Waals surface area contributed by atoms with E-state index in [1.165, 1.54) is 13.4 Å².